The van der Waals surface area contributed by atoms with Crippen LogP contribution in [0.25, 0.3) is 0 Å². The fraction of sp³-hybridized carbons (Fsp3) is 0.364. The fourth-order valence-electron chi connectivity index (χ4n) is 1.37. The van der Waals surface area contributed by atoms with Gasteiger partial charge in [-0.3, -0.25) is 0 Å². The number of anilines is 1. The maximum absolute atomic E-state index is 11.7. The van der Waals surface area contributed by atoms with Gasteiger partial charge in [0.15, 0.2) is 0 Å². The van der Waals surface area contributed by atoms with Gasteiger partial charge in [0.2, 0.25) is 10.0 Å². The lowest BCUT2D eigenvalue weighted by atomic mass is 10.3. The number of hydrogen-bond acceptors (Lipinski definition) is 5. The monoisotopic (exact) mass is 287 g/mol. The number of rotatable bonds is 7. The zero-order valence-corrected chi connectivity index (χ0v) is 11.4. The summed E-state index contributed by atoms with van der Waals surface area (Å²) in [5, 5.41) is 2.96. The average molecular weight is 287 g/mol. The molecule has 0 heterocycles. The molecule has 0 bridgehead atoms. The molecular formula is C11H17N3O4S. The molecule has 1 rings (SSSR count). The van der Waals surface area contributed by atoms with Crippen molar-refractivity contribution in [2.45, 2.75) is 11.8 Å². The molecular weight excluding hydrogens is 270 g/mol. The van der Waals surface area contributed by atoms with Gasteiger partial charge in [-0.1, -0.05) is 6.92 Å². The summed E-state index contributed by atoms with van der Waals surface area (Å²) in [5.74, 6) is 0. The Morgan fingerprint density at radius 3 is 2.47 bits per heavy atom. The number of nitrogens with one attached hydrogen (secondary N) is 2. The van der Waals surface area contributed by atoms with Crippen molar-refractivity contribution < 1.29 is 17.9 Å². The third kappa shape index (κ3) is 5.14. The summed E-state index contributed by atoms with van der Waals surface area (Å²) in [6.45, 7) is 2.59. The zero-order chi connectivity index (χ0) is 14.3. The van der Waals surface area contributed by atoms with Crippen LogP contribution in [-0.4, -0.2) is 34.2 Å². The maximum Gasteiger partial charge on any atom is 0.404 e. The van der Waals surface area contributed by atoms with E-state index in [0.29, 0.717) is 13.1 Å². The molecule has 19 heavy (non-hydrogen) atoms. The third-order valence-corrected chi connectivity index (χ3v) is 3.74. The zero-order valence-electron chi connectivity index (χ0n) is 10.5. The Hall–Kier alpha value is -1.80. The number of ether oxygens (including phenoxy) is 1. The first kappa shape index (κ1) is 15.3. The lowest BCUT2D eigenvalue weighted by Gasteiger charge is -2.08. The van der Waals surface area contributed by atoms with Crippen molar-refractivity contribution in [1.29, 1.82) is 0 Å². The highest BCUT2D eigenvalue weighted by Gasteiger charge is 2.11. The quantitative estimate of drug-likeness (QED) is 0.632. The Morgan fingerprint density at radius 2 is 1.95 bits per heavy atom. The smallest absolute Gasteiger partial charge is 0.404 e. The first-order valence-electron chi connectivity index (χ1n) is 5.71. The Bertz CT molecular complexity index is 513. The van der Waals surface area contributed by atoms with Crippen LogP contribution in [0.4, 0.5) is 10.5 Å². The van der Waals surface area contributed by atoms with Crippen molar-refractivity contribution in [3.63, 3.8) is 0 Å². The highest BCUT2D eigenvalue weighted by atomic mass is 32.2. The SMILES string of the molecule is CCNS(=O)(=O)c1ccc(NCCOC(N)=O)cc1. The molecule has 0 radical (unpaired) electrons. The molecule has 0 saturated heterocycles. The van der Waals surface area contributed by atoms with E-state index in [4.69, 9.17) is 5.73 Å². The van der Waals surface area contributed by atoms with Gasteiger partial charge in [0.1, 0.15) is 6.61 Å². The Balaban J connectivity index is 2.55. The van der Waals surface area contributed by atoms with Crippen molar-refractivity contribution in [3.8, 4) is 0 Å². The lowest BCUT2D eigenvalue weighted by Crippen LogP contribution is -2.23. The molecule has 0 unspecified atom stereocenters. The molecule has 1 aromatic carbocycles. The van der Waals surface area contributed by atoms with E-state index in [2.05, 4.69) is 14.8 Å². The number of amides is 1. The molecule has 4 N–H and O–H groups in total. The summed E-state index contributed by atoms with van der Waals surface area (Å²) < 4.78 is 30.3. The van der Waals surface area contributed by atoms with Gasteiger partial charge in [-0.25, -0.2) is 17.9 Å². The summed E-state index contributed by atoms with van der Waals surface area (Å²) in [6, 6.07) is 6.26. The van der Waals surface area contributed by atoms with Crippen LogP contribution >= 0.6 is 0 Å². The molecule has 0 aromatic heterocycles. The van der Waals surface area contributed by atoms with Crippen LogP contribution < -0.4 is 15.8 Å². The lowest BCUT2D eigenvalue weighted by molar-refractivity contribution is 0.161. The summed E-state index contributed by atoms with van der Waals surface area (Å²) in [6.07, 6.45) is -0.825. The number of nitrogens with two attached hydrogens (primary N) is 1. The largest absolute Gasteiger partial charge is 0.448 e. The van der Waals surface area contributed by atoms with Crippen molar-refractivity contribution in [1.82, 2.24) is 4.72 Å². The summed E-state index contributed by atoms with van der Waals surface area (Å²) in [7, 11) is -3.43. The standard InChI is InChI=1S/C11H17N3O4S/c1-2-14-19(16,17)10-5-3-9(4-6-10)13-7-8-18-11(12)15/h3-6,13-14H,2,7-8H2,1H3,(H2,12,15). The molecule has 0 spiro atoms. The number of benzene rings is 1. The van der Waals surface area contributed by atoms with Crippen LogP contribution in [0.15, 0.2) is 29.2 Å². The molecule has 0 saturated carbocycles. The van der Waals surface area contributed by atoms with Crippen molar-refractivity contribution in [2.24, 2.45) is 5.73 Å². The number of primary amides is 1. The van der Waals surface area contributed by atoms with Gasteiger partial charge in [0.25, 0.3) is 0 Å². The molecule has 0 aliphatic carbocycles. The Kier molecular flexibility index (Phi) is 5.58. The van der Waals surface area contributed by atoms with E-state index in [0.717, 1.165) is 5.69 Å². The van der Waals surface area contributed by atoms with Gasteiger partial charge >= 0.3 is 6.09 Å². The number of sulfonamides is 1. The van der Waals surface area contributed by atoms with Crippen LogP contribution in [0, 0.1) is 0 Å². The van der Waals surface area contributed by atoms with Crippen molar-refractivity contribution >= 4 is 21.8 Å². The van der Waals surface area contributed by atoms with Gasteiger partial charge in [0.05, 0.1) is 4.90 Å². The second-order valence-corrected chi connectivity index (χ2v) is 5.39. The molecule has 0 fully saturated rings. The second kappa shape index (κ2) is 6.95. The number of carbonyl (C=O) groups excluding carboxylic acids is 1. The minimum absolute atomic E-state index is 0.146. The number of hydrogen-bond donors (Lipinski definition) is 3. The van der Waals surface area contributed by atoms with Crippen LogP contribution in [-0.2, 0) is 14.8 Å². The van der Waals surface area contributed by atoms with Gasteiger partial charge < -0.3 is 15.8 Å². The van der Waals surface area contributed by atoms with Gasteiger partial charge in [0, 0.05) is 18.8 Å². The topological polar surface area (TPSA) is 111 Å². The molecule has 0 aliphatic heterocycles. The van der Waals surface area contributed by atoms with E-state index < -0.39 is 16.1 Å². The summed E-state index contributed by atoms with van der Waals surface area (Å²) in [4.78, 5) is 10.5. The normalized spacial score (nSPS) is 11.0. The highest BCUT2D eigenvalue weighted by Crippen LogP contribution is 2.13. The van der Waals surface area contributed by atoms with E-state index in [9.17, 15) is 13.2 Å². The Morgan fingerprint density at radius 1 is 1.32 bits per heavy atom. The maximum atomic E-state index is 11.7. The predicted octanol–water partition coefficient (Wildman–Crippen LogP) is 0.492. The highest BCUT2D eigenvalue weighted by molar-refractivity contribution is 7.89. The van der Waals surface area contributed by atoms with E-state index >= 15 is 0 Å². The molecule has 0 atom stereocenters. The van der Waals surface area contributed by atoms with Crippen LogP contribution in [0.5, 0.6) is 0 Å². The predicted molar refractivity (Wildman–Crippen MR) is 71.3 cm³/mol. The average Bonchev–Trinajstić information content (AvgIpc) is 2.35. The second-order valence-electron chi connectivity index (χ2n) is 3.62. The fourth-order valence-corrected chi connectivity index (χ4v) is 2.41. The van der Waals surface area contributed by atoms with Crippen LogP contribution in [0.1, 0.15) is 6.92 Å². The minimum Gasteiger partial charge on any atom is -0.448 e. The Labute approximate surface area is 112 Å². The van der Waals surface area contributed by atoms with Crippen LogP contribution in [0.3, 0.4) is 0 Å². The van der Waals surface area contributed by atoms with Crippen molar-refractivity contribution in [3.05, 3.63) is 24.3 Å². The first-order chi connectivity index (χ1) is 8.95. The molecule has 106 valence electrons. The number of carbonyl (C=O) groups is 1. The molecule has 7 nitrogen and oxygen atoms in total. The summed E-state index contributed by atoms with van der Waals surface area (Å²) >= 11 is 0. The molecule has 8 heteroatoms. The van der Waals surface area contributed by atoms with E-state index in [-0.39, 0.29) is 11.5 Å². The van der Waals surface area contributed by atoms with E-state index in [1.807, 2.05) is 0 Å². The molecule has 0 aliphatic rings. The van der Waals surface area contributed by atoms with Crippen molar-refractivity contribution in [2.75, 3.05) is 25.0 Å². The van der Waals surface area contributed by atoms with Gasteiger partial charge in [-0.05, 0) is 24.3 Å². The van der Waals surface area contributed by atoms with Gasteiger partial charge in [-0.2, -0.15) is 0 Å². The summed E-state index contributed by atoms with van der Waals surface area (Å²) in [5.41, 5.74) is 5.53. The molecule has 1 aromatic rings. The third-order valence-electron chi connectivity index (χ3n) is 2.17. The van der Waals surface area contributed by atoms with E-state index in [1.54, 1.807) is 19.1 Å². The first-order valence-corrected chi connectivity index (χ1v) is 7.20. The van der Waals surface area contributed by atoms with Crippen LogP contribution in [0.2, 0.25) is 0 Å². The van der Waals surface area contributed by atoms with Gasteiger partial charge in [-0.15, -0.1) is 0 Å². The molecule has 1 amide bonds. The van der Waals surface area contributed by atoms with E-state index in [1.165, 1.54) is 12.1 Å². The minimum atomic E-state index is -3.43.